The van der Waals surface area contributed by atoms with E-state index in [0.717, 1.165) is 11.1 Å². The van der Waals surface area contributed by atoms with Crippen LogP contribution in [-0.2, 0) is 27.4 Å². The van der Waals surface area contributed by atoms with E-state index in [1.807, 2.05) is 60.7 Å². The third-order valence-corrected chi connectivity index (χ3v) is 4.33. The summed E-state index contributed by atoms with van der Waals surface area (Å²) in [7, 11) is 0. The number of hydrogen-bond acceptors (Lipinski definition) is 5. The van der Waals surface area contributed by atoms with Gasteiger partial charge < -0.3 is 24.4 Å². The van der Waals surface area contributed by atoms with Crippen molar-refractivity contribution in [2.45, 2.75) is 37.6 Å². The highest BCUT2D eigenvalue weighted by atomic mass is 16.6. The monoisotopic (exact) mass is 344 g/mol. The van der Waals surface area contributed by atoms with E-state index in [0.29, 0.717) is 13.2 Å². The number of hydrogen-bond donors (Lipinski definition) is 2. The van der Waals surface area contributed by atoms with Crippen LogP contribution in [0.25, 0.3) is 0 Å². The fourth-order valence-electron chi connectivity index (χ4n) is 2.90. The minimum absolute atomic E-state index is 0.252. The molecule has 1 fully saturated rings. The van der Waals surface area contributed by atoms with Crippen molar-refractivity contribution in [2.75, 3.05) is 13.2 Å². The van der Waals surface area contributed by atoms with E-state index in [4.69, 9.17) is 14.2 Å². The fourth-order valence-corrected chi connectivity index (χ4v) is 2.90. The summed E-state index contributed by atoms with van der Waals surface area (Å²) in [4.78, 5) is 0. The number of benzene rings is 2. The van der Waals surface area contributed by atoms with Gasteiger partial charge in [-0.3, -0.25) is 0 Å². The predicted octanol–water partition coefficient (Wildman–Crippen LogP) is 1.91. The Balaban J connectivity index is 1.63. The van der Waals surface area contributed by atoms with E-state index in [9.17, 15) is 10.2 Å². The van der Waals surface area contributed by atoms with E-state index in [-0.39, 0.29) is 13.2 Å². The molecule has 134 valence electrons. The molecule has 0 aromatic heterocycles. The smallest absolute Gasteiger partial charge is 0.115 e. The molecule has 2 N–H and O–H groups in total. The van der Waals surface area contributed by atoms with E-state index < -0.39 is 24.4 Å². The summed E-state index contributed by atoms with van der Waals surface area (Å²) in [6.45, 7) is 0.800. The number of ether oxygens (including phenoxy) is 3. The molecule has 1 heterocycles. The van der Waals surface area contributed by atoms with Crippen molar-refractivity contribution >= 4 is 0 Å². The Kier molecular flexibility index (Phi) is 6.55. The highest BCUT2D eigenvalue weighted by Gasteiger charge is 2.40. The van der Waals surface area contributed by atoms with Crippen molar-refractivity contribution in [3.63, 3.8) is 0 Å². The SMILES string of the molecule is OC[C@H]1OC[C@@H](OCc2ccccc2)[C@@H](OCc2ccccc2)[C@@H]1O. The quantitative estimate of drug-likeness (QED) is 0.803. The third kappa shape index (κ3) is 4.87. The second-order valence-electron chi connectivity index (χ2n) is 6.14. The van der Waals surface area contributed by atoms with Gasteiger partial charge in [-0.1, -0.05) is 60.7 Å². The van der Waals surface area contributed by atoms with Crippen LogP contribution in [0.2, 0.25) is 0 Å². The van der Waals surface area contributed by atoms with E-state index >= 15 is 0 Å². The van der Waals surface area contributed by atoms with Crippen molar-refractivity contribution in [2.24, 2.45) is 0 Å². The Morgan fingerprint density at radius 3 is 2.00 bits per heavy atom. The normalized spacial score (nSPS) is 26.5. The van der Waals surface area contributed by atoms with Crippen LogP contribution in [0.1, 0.15) is 11.1 Å². The first-order valence-corrected chi connectivity index (χ1v) is 8.49. The van der Waals surface area contributed by atoms with Crippen LogP contribution in [0, 0.1) is 0 Å². The molecule has 1 saturated heterocycles. The summed E-state index contributed by atoms with van der Waals surface area (Å²) in [6.07, 6.45) is -2.56. The topological polar surface area (TPSA) is 68.2 Å². The van der Waals surface area contributed by atoms with Gasteiger partial charge in [0.05, 0.1) is 26.4 Å². The molecule has 1 aliphatic heterocycles. The molecule has 0 amide bonds. The highest BCUT2D eigenvalue weighted by molar-refractivity contribution is 5.14. The minimum Gasteiger partial charge on any atom is -0.394 e. The molecule has 5 heteroatoms. The number of aliphatic hydroxyl groups excluding tert-OH is 2. The minimum atomic E-state index is -0.941. The van der Waals surface area contributed by atoms with Crippen LogP contribution in [0.15, 0.2) is 60.7 Å². The molecule has 0 aliphatic carbocycles. The largest absolute Gasteiger partial charge is 0.394 e. The summed E-state index contributed by atoms with van der Waals surface area (Å²) in [5, 5.41) is 19.9. The molecule has 3 rings (SSSR count). The highest BCUT2D eigenvalue weighted by Crippen LogP contribution is 2.23. The molecular formula is C20H24O5. The van der Waals surface area contributed by atoms with Crippen LogP contribution < -0.4 is 0 Å². The Labute approximate surface area is 147 Å². The summed E-state index contributed by atoms with van der Waals surface area (Å²) in [5.41, 5.74) is 2.06. The zero-order chi connectivity index (χ0) is 17.5. The molecule has 2 aromatic carbocycles. The number of rotatable bonds is 7. The van der Waals surface area contributed by atoms with Gasteiger partial charge in [-0.2, -0.15) is 0 Å². The predicted molar refractivity (Wildman–Crippen MR) is 92.9 cm³/mol. The van der Waals surface area contributed by atoms with Crippen LogP contribution in [0.3, 0.4) is 0 Å². The first-order valence-electron chi connectivity index (χ1n) is 8.49. The second-order valence-corrected chi connectivity index (χ2v) is 6.14. The van der Waals surface area contributed by atoms with Crippen molar-refractivity contribution in [1.82, 2.24) is 0 Å². The molecular weight excluding hydrogens is 320 g/mol. The fraction of sp³-hybridized carbons (Fsp3) is 0.400. The lowest BCUT2D eigenvalue weighted by Gasteiger charge is -2.39. The van der Waals surface area contributed by atoms with Gasteiger partial charge in [0.2, 0.25) is 0 Å². The molecule has 25 heavy (non-hydrogen) atoms. The molecule has 2 aromatic rings. The summed E-state index contributed by atoms with van der Waals surface area (Å²) < 4.78 is 17.4. The Hall–Kier alpha value is -1.76. The second kappa shape index (κ2) is 9.08. The maximum atomic E-state index is 10.5. The van der Waals surface area contributed by atoms with Crippen LogP contribution >= 0.6 is 0 Å². The van der Waals surface area contributed by atoms with E-state index in [2.05, 4.69) is 0 Å². The Morgan fingerprint density at radius 2 is 1.44 bits per heavy atom. The van der Waals surface area contributed by atoms with Crippen LogP contribution in [0.5, 0.6) is 0 Å². The molecule has 0 bridgehead atoms. The maximum absolute atomic E-state index is 10.5. The van der Waals surface area contributed by atoms with Crippen molar-refractivity contribution in [3.8, 4) is 0 Å². The maximum Gasteiger partial charge on any atom is 0.115 e. The molecule has 0 radical (unpaired) electrons. The van der Waals surface area contributed by atoms with Gasteiger partial charge in [0.15, 0.2) is 0 Å². The molecule has 0 spiro atoms. The van der Waals surface area contributed by atoms with Gasteiger partial charge in [0.25, 0.3) is 0 Å². The van der Waals surface area contributed by atoms with Gasteiger partial charge in [-0.25, -0.2) is 0 Å². The number of aliphatic hydroxyl groups is 2. The summed E-state index contributed by atoms with van der Waals surface area (Å²) in [6, 6.07) is 19.6. The standard InChI is InChI=1S/C20H24O5/c21-11-17-19(22)20(25-13-16-9-5-2-6-10-16)18(14-24-17)23-12-15-7-3-1-4-8-15/h1-10,17-22H,11-14H2/t17-,18-,19-,20-/m1/s1. The molecule has 1 aliphatic rings. The van der Waals surface area contributed by atoms with Crippen LogP contribution in [-0.4, -0.2) is 47.8 Å². The summed E-state index contributed by atoms with van der Waals surface area (Å²) in [5.74, 6) is 0. The molecule has 0 unspecified atom stereocenters. The van der Waals surface area contributed by atoms with Gasteiger partial charge in [-0.15, -0.1) is 0 Å². The molecule has 0 saturated carbocycles. The van der Waals surface area contributed by atoms with Gasteiger partial charge in [0.1, 0.15) is 24.4 Å². The van der Waals surface area contributed by atoms with E-state index in [1.165, 1.54) is 0 Å². The summed E-state index contributed by atoms with van der Waals surface area (Å²) >= 11 is 0. The zero-order valence-corrected chi connectivity index (χ0v) is 14.0. The first-order chi connectivity index (χ1) is 12.3. The van der Waals surface area contributed by atoms with Crippen molar-refractivity contribution in [3.05, 3.63) is 71.8 Å². The van der Waals surface area contributed by atoms with Crippen molar-refractivity contribution < 1.29 is 24.4 Å². The average Bonchev–Trinajstić information content (AvgIpc) is 2.67. The Bertz CT molecular complexity index is 618. The van der Waals surface area contributed by atoms with Gasteiger partial charge in [0, 0.05) is 0 Å². The van der Waals surface area contributed by atoms with Crippen molar-refractivity contribution in [1.29, 1.82) is 0 Å². The zero-order valence-electron chi connectivity index (χ0n) is 14.0. The van der Waals surface area contributed by atoms with Gasteiger partial charge in [-0.05, 0) is 11.1 Å². The molecule has 4 atom stereocenters. The lowest BCUT2D eigenvalue weighted by atomic mass is 10.00. The van der Waals surface area contributed by atoms with E-state index in [1.54, 1.807) is 0 Å². The Morgan fingerprint density at radius 1 is 0.880 bits per heavy atom. The molecule has 5 nitrogen and oxygen atoms in total. The average molecular weight is 344 g/mol. The lowest BCUT2D eigenvalue weighted by Crippen LogP contribution is -2.56. The van der Waals surface area contributed by atoms with Gasteiger partial charge >= 0.3 is 0 Å². The van der Waals surface area contributed by atoms with Crippen LogP contribution in [0.4, 0.5) is 0 Å². The third-order valence-electron chi connectivity index (χ3n) is 4.33. The first kappa shape index (κ1) is 18.0. The lowest BCUT2D eigenvalue weighted by molar-refractivity contribution is -0.228.